The first-order valence-corrected chi connectivity index (χ1v) is 8.15. The van der Waals surface area contributed by atoms with Crippen LogP contribution in [0.15, 0.2) is 24.3 Å². The lowest BCUT2D eigenvalue weighted by atomic mass is 9.95. The summed E-state index contributed by atoms with van der Waals surface area (Å²) in [6.07, 6.45) is 0. The highest BCUT2D eigenvalue weighted by atomic mass is 32.1. The molecule has 0 saturated heterocycles. The second-order valence-electron chi connectivity index (χ2n) is 5.84. The monoisotopic (exact) mass is 306 g/mol. The van der Waals surface area contributed by atoms with E-state index in [4.69, 9.17) is 0 Å². The van der Waals surface area contributed by atoms with Crippen LogP contribution in [0.3, 0.4) is 0 Å². The summed E-state index contributed by atoms with van der Waals surface area (Å²) in [6, 6.07) is 7.12. The van der Waals surface area contributed by atoms with Crippen molar-refractivity contribution in [2.45, 2.75) is 46.7 Å². The van der Waals surface area contributed by atoms with E-state index in [9.17, 15) is 4.39 Å². The standard InChI is InChI=1S/C17H23FN2S/c1-10(2)16(14-6-8-15(18)9-7-14)19-11(3)17-12(4)21-13(5)20-17/h6-11,16,19H,1-5H3. The minimum Gasteiger partial charge on any atom is -0.302 e. The van der Waals surface area contributed by atoms with Gasteiger partial charge in [-0.2, -0.15) is 0 Å². The van der Waals surface area contributed by atoms with E-state index >= 15 is 0 Å². The van der Waals surface area contributed by atoms with E-state index in [1.54, 1.807) is 11.3 Å². The lowest BCUT2D eigenvalue weighted by Crippen LogP contribution is -2.29. The largest absolute Gasteiger partial charge is 0.302 e. The topological polar surface area (TPSA) is 24.9 Å². The van der Waals surface area contributed by atoms with Gasteiger partial charge in [0.1, 0.15) is 5.82 Å². The van der Waals surface area contributed by atoms with E-state index < -0.39 is 0 Å². The average Bonchev–Trinajstić information content (AvgIpc) is 2.76. The van der Waals surface area contributed by atoms with Crippen molar-refractivity contribution >= 4 is 11.3 Å². The van der Waals surface area contributed by atoms with Crippen molar-refractivity contribution in [2.24, 2.45) is 5.92 Å². The summed E-state index contributed by atoms with van der Waals surface area (Å²) in [7, 11) is 0. The molecule has 2 rings (SSSR count). The Morgan fingerprint density at radius 3 is 2.19 bits per heavy atom. The summed E-state index contributed by atoms with van der Waals surface area (Å²) in [6.45, 7) is 10.6. The van der Waals surface area contributed by atoms with Gasteiger partial charge in [-0.25, -0.2) is 9.37 Å². The maximum atomic E-state index is 13.1. The zero-order valence-electron chi connectivity index (χ0n) is 13.3. The van der Waals surface area contributed by atoms with Gasteiger partial charge in [-0.3, -0.25) is 0 Å². The molecule has 2 aromatic rings. The van der Waals surface area contributed by atoms with Crippen LogP contribution >= 0.6 is 11.3 Å². The summed E-state index contributed by atoms with van der Waals surface area (Å²) in [5.74, 6) is 0.221. The molecule has 1 heterocycles. The van der Waals surface area contributed by atoms with Crippen LogP contribution in [0, 0.1) is 25.6 Å². The van der Waals surface area contributed by atoms with Crippen molar-refractivity contribution in [1.82, 2.24) is 10.3 Å². The number of benzene rings is 1. The molecule has 114 valence electrons. The Kier molecular flexibility index (Phi) is 5.12. The maximum absolute atomic E-state index is 13.1. The van der Waals surface area contributed by atoms with Gasteiger partial charge < -0.3 is 5.32 Å². The minimum atomic E-state index is -0.194. The third-order valence-corrected chi connectivity index (χ3v) is 4.58. The van der Waals surface area contributed by atoms with Gasteiger partial charge in [0.25, 0.3) is 0 Å². The molecule has 0 aliphatic carbocycles. The van der Waals surface area contributed by atoms with Gasteiger partial charge in [-0.05, 0) is 44.4 Å². The van der Waals surface area contributed by atoms with Crippen LogP contribution in [0.5, 0.6) is 0 Å². The molecule has 0 spiro atoms. The van der Waals surface area contributed by atoms with Crippen LogP contribution in [0.4, 0.5) is 4.39 Å². The van der Waals surface area contributed by atoms with E-state index in [2.05, 4.69) is 38.0 Å². The molecule has 0 bridgehead atoms. The van der Waals surface area contributed by atoms with Crippen LogP contribution in [0.1, 0.15) is 54.0 Å². The van der Waals surface area contributed by atoms with Crippen molar-refractivity contribution in [1.29, 1.82) is 0 Å². The SMILES string of the molecule is Cc1nc(C(C)NC(c2ccc(F)cc2)C(C)C)c(C)s1. The molecular weight excluding hydrogens is 283 g/mol. The number of aryl methyl sites for hydroxylation is 2. The fraction of sp³-hybridized carbons (Fsp3) is 0.471. The summed E-state index contributed by atoms with van der Waals surface area (Å²) in [5, 5.41) is 4.74. The van der Waals surface area contributed by atoms with Crippen molar-refractivity contribution in [3.8, 4) is 0 Å². The molecule has 0 saturated carbocycles. The molecule has 2 atom stereocenters. The quantitative estimate of drug-likeness (QED) is 0.845. The van der Waals surface area contributed by atoms with Crippen molar-refractivity contribution in [3.63, 3.8) is 0 Å². The summed E-state index contributed by atoms with van der Waals surface area (Å²) in [4.78, 5) is 5.88. The number of halogens is 1. The molecule has 0 fully saturated rings. The van der Waals surface area contributed by atoms with Gasteiger partial charge in [0.05, 0.1) is 10.7 Å². The molecule has 1 aromatic heterocycles. The Balaban J connectivity index is 2.20. The van der Waals surface area contributed by atoms with Crippen molar-refractivity contribution in [2.75, 3.05) is 0 Å². The molecule has 2 nitrogen and oxygen atoms in total. The van der Waals surface area contributed by atoms with Gasteiger partial charge >= 0.3 is 0 Å². The van der Waals surface area contributed by atoms with Crippen molar-refractivity contribution < 1.29 is 4.39 Å². The number of rotatable bonds is 5. The normalized spacial score (nSPS) is 14.4. The highest BCUT2D eigenvalue weighted by Gasteiger charge is 2.21. The zero-order chi connectivity index (χ0) is 15.6. The number of hydrogen-bond acceptors (Lipinski definition) is 3. The van der Waals surface area contributed by atoms with E-state index in [0.717, 1.165) is 16.3 Å². The van der Waals surface area contributed by atoms with Gasteiger partial charge in [0, 0.05) is 17.0 Å². The van der Waals surface area contributed by atoms with Crippen LogP contribution in [-0.2, 0) is 0 Å². The lowest BCUT2D eigenvalue weighted by Gasteiger charge is -2.26. The second kappa shape index (κ2) is 6.67. The molecule has 0 aliphatic rings. The predicted molar refractivity (Wildman–Crippen MR) is 87.1 cm³/mol. The molecular formula is C17H23FN2S. The third kappa shape index (κ3) is 3.89. The molecule has 0 amide bonds. The number of hydrogen-bond donors (Lipinski definition) is 1. The van der Waals surface area contributed by atoms with Gasteiger partial charge in [-0.1, -0.05) is 26.0 Å². The van der Waals surface area contributed by atoms with E-state index in [0.29, 0.717) is 5.92 Å². The van der Waals surface area contributed by atoms with Gasteiger partial charge in [0.15, 0.2) is 0 Å². The smallest absolute Gasteiger partial charge is 0.123 e. The lowest BCUT2D eigenvalue weighted by molar-refractivity contribution is 0.370. The Morgan fingerprint density at radius 2 is 1.71 bits per heavy atom. The highest BCUT2D eigenvalue weighted by Crippen LogP contribution is 2.28. The fourth-order valence-corrected chi connectivity index (χ4v) is 3.55. The molecule has 21 heavy (non-hydrogen) atoms. The summed E-state index contributed by atoms with van der Waals surface area (Å²) in [5.41, 5.74) is 2.23. The molecule has 0 radical (unpaired) electrons. The highest BCUT2D eigenvalue weighted by molar-refractivity contribution is 7.11. The number of nitrogens with one attached hydrogen (secondary N) is 1. The maximum Gasteiger partial charge on any atom is 0.123 e. The number of aromatic nitrogens is 1. The Bertz CT molecular complexity index is 589. The molecule has 1 aromatic carbocycles. The zero-order valence-corrected chi connectivity index (χ0v) is 14.1. The average molecular weight is 306 g/mol. The molecule has 0 aliphatic heterocycles. The van der Waals surface area contributed by atoms with Gasteiger partial charge in [-0.15, -0.1) is 11.3 Å². The summed E-state index contributed by atoms with van der Waals surface area (Å²) < 4.78 is 13.1. The van der Waals surface area contributed by atoms with Crippen molar-refractivity contribution in [3.05, 3.63) is 51.2 Å². The molecule has 4 heteroatoms. The second-order valence-corrected chi connectivity index (χ2v) is 7.24. The van der Waals surface area contributed by atoms with E-state index in [1.807, 2.05) is 19.1 Å². The fourth-order valence-electron chi connectivity index (χ4n) is 2.64. The first kappa shape index (κ1) is 16.1. The first-order valence-electron chi connectivity index (χ1n) is 7.34. The number of nitrogens with zero attached hydrogens (tertiary/aromatic N) is 1. The van der Waals surface area contributed by atoms with Crippen LogP contribution in [0.2, 0.25) is 0 Å². The van der Waals surface area contributed by atoms with Crippen LogP contribution in [0.25, 0.3) is 0 Å². The minimum absolute atomic E-state index is 0.174. The molecule has 2 unspecified atom stereocenters. The first-order chi connectivity index (χ1) is 9.88. The third-order valence-electron chi connectivity index (χ3n) is 3.67. The Morgan fingerprint density at radius 1 is 1.10 bits per heavy atom. The van der Waals surface area contributed by atoms with E-state index in [-0.39, 0.29) is 17.9 Å². The summed E-state index contributed by atoms with van der Waals surface area (Å²) >= 11 is 1.73. The van der Waals surface area contributed by atoms with Gasteiger partial charge in [0.2, 0.25) is 0 Å². The van der Waals surface area contributed by atoms with E-state index in [1.165, 1.54) is 17.0 Å². The number of thiazole rings is 1. The Hall–Kier alpha value is -1.26. The van der Waals surface area contributed by atoms with Crippen LogP contribution in [-0.4, -0.2) is 4.98 Å². The predicted octanol–water partition coefficient (Wildman–Crippen LogP) is 4.95. The Labute approximate surface area is 130 Å². The van der Waals surface area contributed by atoms with Crippen LogP contribution < -0.4 is 5.32 Å². The molecule has 1 N–H and O–H groups in total.